The van der Waals surface area contributed by atoms with E-state index in [1.807, 2.05) is 13.0 Å². The van der Waals surface area contributed by atoms with Gasteiger partial charge in [-0.25, -0.2) is 0 Å². The van der Waals surface area contributed by atoms with E-state index in [2.05, 4.69) is 45.9 Å². The molecule has 1 aromatic carbocycles. The van der Waals surface area contributed by atoms with Crippen molar-refractivity contribution in [2.45, 2.75) is 71.4 Å². The summed E-state index contributed by atoms with van der Waals surface area (Å²) in [7, 11) is 4.19. The standard InChI is InChI=1S/C26H34ClF3N4O3/c1-6-34(19-9-7-18(8-10-19)33(4)5)22-13-17(27)12-20(16(22)3)24(36)31-14-21-23(35)11-15(2)32-25(21)37-26(28,29)30/h11-13,18-19H,6-10,14H2,1-5H3,(H,31,36)(H,32,35)/t18-,19-. The van der Waals surface area contributed by atoms with Crippen LogP contribution in [-0.2, 0) is 6.54 Å². The van der Waals surface area contributed by atoms with Crippen molar-refractivity contribution in [1.29, 1.82) is 0 Å². The topological polar surface area (TPSA) is 77.7 Å². The lowest BCUT2D eigenvalue weighted by Crippen LogP contribution is -2.42. The van der Waals surface area contributed by atoms with Crippen molar-refractivity contribution >= 4 is 23.2 Å². The summed E-state index contributed by atoms with van der Waals surface area (Å²) in [6.07, 6.45) is -0.808. The number of rotatable bonds is 8. The van der Waals surface area contributed by atoms with Gasteiger partial charge in [0.05, 0.1) is 12.1 Å². The molecule has 0 spiro atoms. The number of carbonyl (C=O) groups excluding carboxylic acids is 1. The molecule has 1 aromatic heterocycles. The third kappa shape index (κ3) is 7.19. The van der Waals surface area contributed by atoms with Gasteiger partial charge in [-0.1, -0.05) is 11.6 Å². The summed E-state index contributed by atoms with van der Waals surface area (Å²) in [5, 5.41) is 2.94. The minimum Gasteiger partial charge on any atom is -0.389 e. The first kappa shape index (κ1) is 28.8. The largest absolute Gasteiger partial charge is 0.574 e. The van der Waals surface area contributed by atoms with E-state index in [-0.39, 0.29) is 11.3 Å². The number of nitrogens with zero attached hydrogens (tertiary/aromatic N) is 2. The second kappa shape index (κ2) is 11.8. The van der Waals surface area contributed by atoms with Crippen LogP contribution in [0.3, 0.4) is 0 Å². The molecule has 0 aliphatic heterocycles. The molecule has 0 saturated heterocycles. The lowest BCUT2D eigenvalue weighted by Gasteiger charge is -2.40. The van der Waals surface area contributed by atoms with Crippen molar-refractivity contribution in [2.75, 3.05) is 25.5 Å². The molecule has 0 bridgehead atoms. The molecular weight excluding hydrogens is 509 g/mol. The number of anilines is 1. The number of benzene rings is 1. The number of amides is 1. The molecule has 0 radical (unpaired) electrons. The Bertz CT molecular complexity index is 1170. The fourth-order valence-electron chi connectivity index (χ4n) is 5.03. The summed E-state index contributed by atoms with van der Waals surface area (Å²) in [5.74, 6) is -1.29. The third-order valence-corrected chi connectivity index (χ3v) is 7.17. The van der Waals surface area contributed by atoms with Crippen molar-refractivity contribution < 1.29 is 22.7 Å². The molecule has 37 heavy (non-hydrogen) atoms. The predicted octanol–water partition coefficient (Wildman–Crippen LogP) is 5.17. The Morgan fingerprint density at radius 2 is 1.76 bits per heavy atom. The molecule has 1 fully saturated rings. The molecule has 1 aliphatic rings. The smallest absolute Gasteiger partial charge is 0.389 e. The number of aryl methyl sites for hydroxylation is 1. The van der Waals surface area contributed by atoms with E-state index in [4.69, 9.17) is 11.6 Å². The number of aromatic amines is 1. The minimum absolute atomic E-state index is 0.203. The second-order valence-electron chi connectivity index (χ2n) is 9.66. The van der Waals surface area contributed by atoms with Crippen LogP contribution in [0.2, 0.25) is 5.02 Å². The highest BCUT2D eigenvalue weighted by Crippen LogP contribution is 2.34. The summed E-state index contributed by atoms with van der Waals surface area (Å²) >= 11 is 6.42. The lowest BCUT2D eigenvalue weighted by molar-refractivity contribution is -0.276. The van der Waals surface area contributed by atoms with Gasteiger partial charge >= 0.3 is 6.36 Å². The summed E-state index contributed by atoms with van der Waals surface area (Å²) in [6, 6.07) is 5.38. The van der Waals surface area contributed by atoms with E-state index in [0.717, 1.165) is 44.0 Å². The van der Waals surface area contributed by atoms with E-state index in [0.29, 0.717) is 28.2 Å². The molecule has 7 nitrogen and oxygen atoms in total. The van der Waals surface area contributed by atoms with Crippen molar-refractivity contribution in [3.8, 4) is 5.88 Å². The van der Waals surface area contributed by atoms with E-state index in [1.54, 1.807) is 0 Å². The highest BCUT2D eigenvalue weighted by atomic mass is 35.5. The normalized spacial score (nSPS) is 18.1. The number of ether oxygens (including phenoxy) is 1. The Balaban J connectivity index is 1.84. The van der Waals surface area contributed by atoms with Crippen LogP contribution in [0.5, 0.6) is 5.88 Å². The predicted molar refractivity (Wildman–Crippen MR) is 139 cm³/mol. The van der Waals surface area contributed by atoms with Crippen LogP contribution in [0.15, 0.2) is 23.0 Å². The van der Waals surface area contributed by atoms with Gasteiger partial charge in [0, 0.05) is 46.7 Å². The summed E-state index contributed by atoms with van der Waals surface area (Å²) in [6.45, 7) is 5.61. The molecule has 2 aromatic rings. The SMILES string of the molecule is CCN(c1cc(Cl)cc(C(=O)NCc2c(OC(F)(F)F)[nH]c(C)cc2=O)c1C)[C@H]1CC[C@H](N(C)C)CC1. The zero-order valence-electron chi connectivity index (χ0n) is 21.8. The molecule has 1 amide bonds. The second-order valence-corrected chi connectivity index (χ2v) is 10.1. The van der Waals surface area contributed by atoms with Crippen LogP contribution < -0.4 is 20.4 Å². The Morgan fingerprint density at radius 3 is 2.32 bits per heavy atom. The fraction of sp³-hybridized carbons (Fsp3) is 0.538. The molecule has 1 aliphatic carbocycles. The van der Waals surface area contributed by atoms with Crippen molar-refractivity contribution in [1.82, 2.24) is 15.2 Å². The molecule has 0 unspecified atom stereocenters. The van der Waals surface area contributed by atoms with Crippen LogP contribution in [0.25, 0.3) is 0 Å². The molecule has 11 heteroatoms. The monoisotopic (exact) mass is 542 g/mol. The van der Waals surface area contributed by atoms with Crippen LogP contribution in [0, 0.1) is 13.8 Å². The molecular formula is C26H34ClF3N4O3. The molecule has 1 saturated carbocycles. The number of carbonyl (C=O) groups is 1. The van der Waals surface area contributed by atoms with E-state index >= 15 is 0 Å². The van der Waals surface area contributed by atoms with Gasteiger partial charge in [0.2, 0.25) is 5.88 Å². The van der Waals surface area contributed by atoms with Crippen molar-refractivity contribution in [3.05, 3.63) is 55.8 Å². The highest BCUT2D eigenvalue weighted by molar-refractivity contribution is 6.31. The number of hydrogen-bond acceptors (Lipinski definition) is 5. The molecule has 0 atom stereocenters. The Morgan fingerprint density at radius 1 is 1.14 bits per heavy atom. The van der Waals surface area contributed by atoms with Crippen LogP contribution in [0.4, 0.5) is 18.9 Å². The fourth-order valence-corrected chi connectivity index (χ4v) is 5.24. The number of pyridine rings is 1. The van der Waals surface area contributed by atoms with Gasteiger partial charge in [-0.15, -0.1) is 13.2 Å². The number of nitrogens with one attached hydrogen (secondary N) is 2. The Hall–Kier alpha value is -2.72. The van der Waals surface area contributed by atoms with Gasteiger partial charge in [-0.2, -0.15) is 0 Å². The molecule has 2 N–H and O–H groups in total. The average molecular weight is 543 g/mol. The zero-order chi connectivity index (χ0) is 27.5. The van der Waals surface area contributed by atoms with Crippen LogP contribution >= 0.6 is 11.6 Å². The zero-order valence-corrected chi connectivity index (χ0v) is 22.5. The van der Waals surface area contributed by atoms with Crippen LogP contribution in [-0.4, -0.2) is 54.9 Å². The lowest BCUT2D eigenvalue weighted by atomic mass is 9.89. The van der Waals surface area contributed by atoms with E-state index in [1.165, 1.54) is 13.0 Å². The van der Waals surface area contributed by atoms with Gasteiger partial charge in [-0.3, -0.25) is 9.59 Å². The maximum Gasteiger partial charge on any atom is 0.574 e. The molecule has 204 valence electrons. The number of hydrogen-bond donors (Lipinski definition) is 2. The number of alkyl halides is 3. The van der Waals surface area contributed by atoms with E-state index in [9.17, 15) is 22.8 Å². The maximum atomic E-state index is 13.2. The quantitative estimate of drug-likeness (QED) is 0.481. The van der Waals surface area contributed by atoms with Crippen molar-refractivity contribution in [3.63, 3.8) is 0 Å². The number of halogens is 4. The van der Waals surface area contributed by atoms with Crippen molar-refractivity contribution in [2.24, 2.45) is 0 Å². The molecule has 1 heterocycles. The highest BCUT2D eigenvalue weighted by Gasteiger charge is 2.33. The summed E-state index contributed by atoms with van der Waals surface area (Å²) in [4.78, 5) is 32.5. The van der Waals surface area contributed by atoms with Gasteiger partial charge in [0.25, 0.3) is 5.91 Å². The van der Waals surface area contributed by atoms with Gasteiger partial charge in [0.1, 0.15) is 0 Å². The number of aromatic nitrogens is 1. The third-order valence-electron chi connectivity index (χ3n) is 6.95. The average Bonchev–Trinajstić information content (AvgIpc) is 2.80. The minimum atomic E-state index is -5.00. The van der Waals surface area contributed by atoms with Gasteiger partial charge in [0.15, 0.2) is 5.43 Å². The first-order valence-corrected chi connectivity index (χ1v) is 12.7. The molecule has 3 rings (SSSR count). The van der Waals surface area contributed by atoms with Gasteiger partial charge in [-0.05, 0) is 78.2 Å². The number of H-pyrrole nitrogens is 1. The summed E-state index contributed by atoms with van der Waals surface area (Å²) in [5.41, 5.74) is 1.05. The first-order valence-electron chi connectivity index (χ1n) is 12.3. The first-order chi connectivity index (χ1) is 17.3. The Labute approximate surface area is 219 Å². The summed E-state index contributed by atoms with van der Waals surface area (Å²) < 4.78 is 42.6. The van der Waals surface area contributed by atoms with Crippen LogP contribution in [0.1, 0.15) is 59.8 Å². The van der Waals surface area contributed by atoms with E-state index < -0.39 is 30.1 Å². The Kier molecular flexibility index (Phi) is 9.18. The van der Waals surface area contributed by atoms with Gasteiger partial charge < -0.3 is 24.8 Å². The maximum absolute atomic E-state index is 13.2.